The first-order valence-corrected chi connectivity index (χ1v) is 6.59. The van der Waals surface area contributed by atoms with Gasteiger partial charge in [-0.15, -0.1) is 0 Å². The fraction of sp³-hybridized carbons (Fsp3) is 0.333. The fourth-order valence-corrected chi connectivity index (χ4v) is 1.82. The number of anilines is 1. The zero-order valence-electron chi connectivity index (χ0n) is 8.14. The Morgan fingerprint density at radius 2 is 1.79 bits per heavy atom. The Bertz CT molecular complexity index is 397. The molecule has 1 aromatic rings. The molecule has 0 aliphatic heterocycles. The summed E-state index contributed by atoms with van der Waals surface area (Å²) in [5, 5.41) is 0. The summed E-state index contributed by atoms with van der Waals surface area (Å²) in [4.78, 5) is 2.25. The highest BCUT2D eigenvalue weighted by Crippen LogP contribution is 2.16. The zero-order valence-corrected chi connectivity index (χ0v) is 9.85. The molecule has 0 aromatic heterocycles. The van der Waals surface area contributed by atoms with Crippen molar-refractivity contribution in [3.8, 4) is 0 Å². The highest BCUT2D eigenvalue weighted by atomic mass is 32.2. The van der Waals surface area contributed by atoms with Crippen LogP contribution >= 0.6 is 12.6 Å². The summed E-state index contributed by atoms with van der Waals surface area (Å²) in [7, 11) is -1.20. The molecule has 0 atom stereocenters. The molecular weight excluding hydrogens is 218 g/mol. The van der Waals surface area contributed by atoms with Crippen molar-refractivity contribution in [2.75, 3.05) is 24.1 Å². The molecular formula is C9H13NO2S2. The van der Waals surface area contributed by atoms with Gasteiger partial charge in [0.2, 0.25) is 0 Å². The van der Waals surface area contributed by atoms with Gasteiger partial charge < -0.3 is 4.90 Å². The lowest BCUT2D eigenvalue weighted by molar-refractivity contribution is 0.602. The summed E-state index contributed by atoms with van der Waals surface area (Å²) in [5.74, 6) is 0.595. The minimum absolute atomic E-state index is 0.341. The molecule has 0 unspecified atom stereocenters. The predicted molar refractivity (Wildman–Crippen MR) is 61.8 cm³/mol. The van der Waals surface area contributed by atoms with Crippen molar-refractivity contribution in [2.24, 2.45) is 0 Å². The van der Waals surface area contributed by atoms with E-state index in [2.05, 4.69) is 12.6 Å². The van der Waals surface area contributed by atoms with Crippen LogP contribution < -0.4 is 4.90 Å². The van der Waals surface area contributed by atoms with Gasteiger partial charge in [-0.3, -0.25) is 0 Å². The van der Waals surface area contributed by atoms with Crippen molar-refractivity contribution < 1.29 is 8.42 Å². The Kier molecular flexibility index (Phi) is 3.44. The van der Waals surface area contributed by atoms with E-state index in [-0.39, 0.29) is 0 Å². The third kappa shape index (κ3) is 2.65. The number of benzene rings is 1. The van der Waals surface area contributed by atoms with Gasteiger partial charge in [-0.2, -0.15) is 12.6 Å². The van der Waals surface area contributed by atoms with Crippen LogP contribution in [-0.2, 0) is 9.84 Å². The van der Waals surface area contributed by atoms with Crippen LogP contribution in [0, 0.1) is 0 Å². The van der Waals surface area contributed by atoms with Crippen LogP contribution in [0.15, 0.2) is 29.2 Å². The van der Waals surface area contributed by atoms with E-state index in [0.717, 1.165) is 5.69 Å². The second-order valence-corrected chi connectivity index (χ2v) is 5.40. The number of thiol groups is 1. The first-order valence-electron chi connectivity index (χ1n) is 4.07. The van der Waals surface area contributed by atoms with Crippen molar-refractivity contribution in [1.82, 2.24) is 0 Å². The minimum Gasteiger partial charge on any atom is -0.366 e. The van der Waals surface area contributed by atoms with Gasteiger partial charge in [0.15, 0.2) is 9.84 Å². The van der Waals surface area contributed by atoms with Crippen molar-refractivity contribution in [2.45, 2.75) is 4.90 Å². The van der Waals surface area contributed by atoms with Gasteiger partial charge in [-0.05, 0) is 24.3 Å². The van der Waals surface area contributed by atoms with Crippen LogP contribution in [0.3, 0.4) is 0 Å². The SMILES string of the molecule is CN(CS)c1ccc(S(C)(=O)=O)cc1. The van der Waals surface area contributed by atoms with E-state index in [0.29, 0.717) is 10.8 Å². The van der Waals surface area contributed by atoms with Crippen LogP contribution in [0.1, 0.15) is 0 Å². The molecule has 0 N–H and O–H groups in total. The van der Waals surface area contributed by atoms with Crippen LogP contribution in [0.25, 0.3) is 0 Å². The average Bonchev–Trinajstić information content (AvgIpc) is 2.15. The second-order valence-electron chi connectivity index (χ2n) is 3.11. The van der Waals surface area contributed by atoms with Gasteiger partial charge in [0.05, 0.1) is 10.8 Å². The monoisotopic (exact) mass is 231 g/mol. The van der Waals surface area contributed by atoms with Crippen LogP contribution in [0.4, 0.5) is 5.69 Å². The minimum atomic E-state index is -3.09. The number of sulfone groups is 1. The van der Waals surface area contributed by atoms with Gasteiger partial charge in [0, 0.05) is 19.0 Å². The van der Waals surface area contributed by atoms with Gasteiger partial charge in [-0.1, -0.05) is 0 Å². The maximum absolute atomic E-state index is 11.2. The smallest absolute Gasteiger partial charge is 0.175 e. The van der Waals surface area contributed by atoms with E-state index in [1.165, 1.54) is 6.26 Å². The number of rotatable bonds is 3. The molecule has 0 amide bonds. The molecule has 5 heteroatoms. The van der Waals surface area contributed by atoms with E-state index in [1.54, 1.807) is 24.3 Å². The molecule has 0 saturated carbocycles. The molecule has 0 fully saturated rings. The fourth-order valence-electron chi connectivity index (χ4n) is 1.03. The van der Waals surface area contributed by atoms with Crippen molar-refractivity contribution in [1.29, 1.82) is 0 Å². The Labute approximate surface area is 90.1 Å². The summed E-state index contributed by atoms with van der Waals surface area (Å²) in [5.41, 5.74) is 0.951. The van der Waals surface area contributed by atoms with Crippen molar-refractivity contribution in [3.63, 3.8) is 0 Å². The van der Waals surface area contributed by atoms with E-state index < -0.39 is 9.84 Å². The number of nitrogens with zero attached hydrogens (tertiary/aromatic N) is 1. The number of hydrogen-bond acceptors (Lipinski definition) is 4. The van der Waals surface area contributed by atoms with E-state index >= 15 is 0 Å². The topological polar surface area (TPSA) is 37.4 Å². The van der Waals surface area contributed by atoms with Gasteiger partial charge in [-0.25, -0.2) is 8.42 Å². The van der Waals surface area contributed by atoms with Gasteiger partial charge in [0.25, 0.3) is 0 Å². The molecule has 0 aliphatic carbocycles. The van der Waals surface area contributed by atoms with E-state index in [1.807, 2.05) is 11.9 Å². The van der Waals surface area contributed by atoms with Crippen molar-refractivity contribution >= 4 is 28.2 Å². The highest BCUT2D eigenvalue weighted by molar-refractivity contribution is 7.90. The second kappa shape index (κ2) is 4.23. The molecule has 0 heterocycles. The lowest BCUT2D eigenvalue weighted by Gasteiger charge is -2.15. The third-order valence-electron chi connectivity index (χ3n) is 1.92. The van der Waals surface area contributed by atoms with Crippen molar-refractivity contribution in [3.05, 3.63) is 24.3 Å². The maximum atomic E-state index is 11.2. The predicted octanol–water partition coefficient (Wildman–Crippen LogP) is 1.41. The molecule has 0 spiro atoms. The quantitative estimate of drug-likeness (QED) is 0.631. The first-order chi connectivity index (χ1) is 6.45. The molecule has 14 heavy (non-hydrogen) atoms. The lowest BCUT2D eigenvalue weighted by atomic mass is 10.3. The maximum Gasteiger partial charge on any atom is 0.175 e. The van der Waals surface area contributed by atoms with E-state index in [9.17, 15) is 8.42 Å². The summed E-state index contributed by atoms with van der Waals surface area (Å²) in [6, 6.07) is 6.74. The third-order valence-corrected chi connectivity index (χ3v) is 3.47. The number of hydrogen-bond donors (Lipinski definition) is 1. The zero-order chi connectivity index (χ0) is 10.8. The largest absolute Gasteiger partial charge is 0.366 e. The standard InChI is InChI=1S/C9H13NO2S2/c1-10(7-13)8-3-5-9(6-4-8)14(2,11)12/h3-6,13H,7H2,1-2H3. The van der Waals surface area contributed by atoms with Crippen LogP contribution in [-0.4, -0.2) is 27.6 Å². The summed E-state index contributed by atoms with van der Waals surface area (Å²) in [6.07, 6.45) is 1.20. The van der Waals surface area contributed by atoms with E-state index in [4.69, 9.17) is 0 Å². The summed E-state index contributed by atoms with van der Waals surface area (Å²) in [6.45, 7) is 0. The van der Waals surface area contributed by atoms with Gasteiger partial charge >= 0.3 is 0 Å². The Morgan fingerprint density at radius 1 is 1.29 bits per heavy atom. The molecule has 78 valence electrons. The Balaban J connectivity index is 3.01. The normalized spacial score (nSPS) is 11.4. The molecule has 3 nitrogen and oxygen atoms in total. The molecule has 1 rings (SSSR count). The Morgan fingerprint density at radius 3 is 2.14 bits per heavy atom. The molecule has 0 aliphatic rings. The van der Waals surface area contributed by atoms with Gasteiger partial charge in [0.1, 0.15) is 0 Å². The highest BCUT2D eigenvalue weighted by Gasteiger charge is 2.06. The summed E-state index contributed by atoms with van der Waals surface area (Å²) < 4.78 is 22.3. The first kappa shape index (κ1) is 11.4. The average molecular weight is 231 g/mol. The molecule has 1 aromatic carbocycles. The summed E-state index contributed by atoms with van der Waals surface area (Å²) >= 11 is 4.12. The van der Waals surface area contributed by atoms with Crippen LogP contribution in [0.5, 0.6) is 0 Å². The van der Waals surface area contributed by atoms with Crippen LogP contribution in [0.2, 0.25) is 0 Å². The lowest BCUT2D eigenvalue weighted by Crippen LogP contribution is -2.14. The molecule has 0 saturated heterocycles. The molecule has 0 radical (unpaired) electrons. The Hall–Kier alpha value is -0.680. The molecule has 0 bridgehead atoms.